The van der Waals surface area contributed by atoms with Crippen LogP contribution in [-0.4, -0.2) is 77.7 Å². The number of aromatic nitrogens is 2. The summed E-state index contributed by atoms with van der Waals surface area (Å²) < 4.78 is 5.73. The third-order valence-electron chi connectivity index (χ3n) is 6.06. The first-order chi connectivity index (χ1) is 14.7. The van der Waals surface area contributed by atoms with Gasteiger partial charge in [0.1, 0.15) is 11.9 Å². The smallest absolute Gasteiger partial charge is 0.410 e. The Bertz CT molecular complexity index is 933. The average molecular weight is 410 g/mol. The van der Waals surface area contributed by atoms with Crippen molar-refractivity contribution in [2.75, 3.05) is 49.5 Å². The van der Waals surface area contributed by atoms with Crippen molar-refractivity contribution < 1.29 is 14.6 Å². The van der Waals surface area contributed by atoms with Gasteiger partial charge in [-0.1, -0.05) is 12.1 Å². The minimum Gasteiger partial charge on any atom is -0.507 e. The number of para-hydroxylation sites is 1. The molecular formula is C21H26N6O3. The third-order valence-corrected chi connectivity index (χ3v) is 6.06. The van der Waals surface area contributed by atoms with Gasteiger partial charge in [0.2, 0.25) is 0 Å². The van der Waals surface area contributed by atoms with Gasteiger partial charge in [-0.3, -0.25) is 0 Å². The molecular weight excluding hydrogens is 384 g/mol. The van der Waals surface area contributed by atoms with Crippen molar-refractivity contribution in [3.05, 3.63) is 30.3 Å². The number of piperidine rings is 1. The van der Waals surface area contributed by atoms with Crippen molar-refractivity contribution in [1.29, 1.82) is 0 Å². The van der Waals surface area contributed by atoms with E-state index in [2.05, 4.69) is 25.7 Å². The number of carbonyl (C=O) groups is 1. The van der Waals surface area contributed by atoms with Crippen molar-refractivity contribution in [1.82, 2.24) is 20.4 Å². The Balaban J connectivity index is 1.31. The van der Waals surface area contributed by atoms with E-state index in [0.717, 1.165) is 37.4 Å². The third kappa shape index (κ3) is 3.60. The monoisotopic (exact) mass is 410 g/mol. The van der Waals surface area contributed by atoms with Crippen LogP contribution in [0.15, 0.2) is 30.3 Å². The van der Waals surface area contributed by atoms with Crippen LogP contribution in [0.5, 0.6) is 5.75 Å². The molecule has 0 unspecified atom stereocenters. The molecule has 9 heteroatoms. The molecule has 2 aromatic rings. The Hall–Kier alpha value is -3.07. The van der Waals surface area contributed by atoms with E-state index in [4.69, 9.17) is 4.74 Å². The number of piperazine rings is 1. The van der Waals surface area contributed by atoms with Crippen LogP contribution in [0.3, 0.4) is 0 Å². The molecule has 0 aliphatic carbocycles. The number of anilines is 2. The molecule has 3 N–H and O–H groups in total. The van der Waals surface area contributed by atoms with Crippen molar-refractivity contribution >= 4 is 17.6 Å². The minimum absolute atomic E-state index is 0.0124. The molecule has 3 aliphatic rings. The second-order valence-corrected chi connectivity index (χ2v) is 7.99. The number of hydrogen-bond acceptors (Lipinski definition) is 8. The fraction of sp³-hybridized carbons (Fsp3) is 0.476. The first kappa shape index (κ1) is 18.9. The summed E-state index contributed by atoms with van der Waals surface area (Å²) in [5.41, 5.74) is 2.23. The van der Waals surface area contributed by atoms with E-state index in [9.17, 15) is 9.90 Å². The van der Waals surface area contributed by atoms with Crippen LogP contribution in [0.2, 0.25) is 0 Å². The predicted octanol–water partition coefficient (Wildman–Crippen LogP) is 1.65. The highest BCUT2D eigenvalue weighted by Gasteiger charge is 2.35. The zero-order valence-corrected chi connectivity index (χ0v) is 16.8. The van der Waals surface area contributed by atoms with Crippen molar-refractivity contribution in [3.63, 3.8) is 0 Å². The van der Waals surface area contributed by atoms with Gasteiger partial charge < -0.3 is 30.3 Å². The van der Waals surface area contributed by atoms with Gasteiger partial charge in [0.25, 0.3) is 0 Å². The minimum atomic E-state index is -0.213. The number of carbonyl (C=O) groups excluding carboxylic acids is 1. The van der Waals surface area contributed by atoms with Gasteiger partial charge in [-0.25, -0.2) is 4.79 Å². The summed E-state index contributed by atoms with van der Waals surface area (Å²) >= 11 is 0. The van der Waals surface area contributed by atoms with Gasteiger partial charge in [0.15, 0.2) is 5.82 Å². The number of nitrogens with one attached hydrogen (secondary N) is 2. The Labute approximate surface area is 175 Å². The molecule has 0 spiro atoms. The molecule has 1 aromatic carbocycles. The van der Waals surface area contributed by atoms with Crippen LogP contribution in [0.25, 0.3) is 11.3 Å². The van der Waals surface area contributed by atoms with Crippen LogP contribution in [0, 0.1) is 0 Å². The number of benzene rings is 1. The maximum atomic E-state index is 12.7. The normalized spacial score (nSPS) is 21.4. The molecule has 0 saturated carbocycles. The number of phenols is 1. The molecule has 1 atom stereocenters. The summed E-state index contributed by atoms with van der Waals surface area (Å²) in [6.07, 6.45) is 1.55. The molecule has 9 nitrogen and oxygen atoms in total. The lowest BCUT2D eigenvalue weighted by atomic mass is 10.1. The van der Waals surface area contributed by atoms with E-state index >= 15 is 0 Å². The number of fused-ring (bicyclic) bond motifs is 3. The topological polar surface area (TPSA) is 103 Å². The highest BCUT2D eigenvalue weighted by molar-refractivity contribution is 5.77. The standard InChI is InChI=1S/C21H26N6O3/c28-19-4-2-1-3-16(19)17-11-18-20(25-24-17)23-12-14-13-26(9-10-27(14)18)21(29)30-15-5-7-22-8-6-15/h1-4,11,14-15,22,28H,5-10,12-13H2,(H,23,25)/t14-/m0/s1. The van der Waals surface area contributed by atoms with Crippen LogP contribution < -0.4 is 15.5 Å². The first-order valence-electron chi connectivity index (χ1n) is 10.5. The molecule has 4 heterocycles. The highest BCUT2D eigenvalue weighted by atomic mass is 16.6. The van der Waals surface area contributed by atoms with Gasteiger partial charge in [-0.2, -0.15) is 0 Å². The Morgan fingerprint density at radius 3 is 2.83 bits per heavy atom. The number of phenolic OH excluding ortho intramolecular Hbond substituents is 1. The lowest BCUT2D eigenvalue weighted by Gasteiger charge is -2.45. The lowest BCUT2D eigenvalue weighted by Crippen LogP contribution is -2.59. The van der Waals surface area contributed by atoms with E-state index in [-0.39, 0.29) is 24.0 Å². The van der Waals surface area contributed by atoms with Crippen molar-refractivity contribution in [2.45, 2.75) is 25.0 Å². The molecule has 3 aliphatic heterocycles. The fourth-order valence-electron chi connectivity index (χ4n) is 4.41. The number of aromatic hydroxyl groups is 1. The number of hydrogen-bond donors (Lipinski definition) is 3. The maximum absolute atomic E-state index is 12.7. The largest absolute Gasteiger partial charge is 0.507 e. The Morgan fingerprint density at radius 1 is 1.17 bits per heavy atom. The summed E-state index contributed by atoms with van der Waals surface area (Å²) in [5.74, 6) is 0.911. The molecule has 1 aromatic heterocycles. The maximum Gasteiger partial charge on any atom is 0.410 e. The van der Waals surface area contributed by atoms with Gasteiger partial charge >= 0.3 is 6.09 Å². The quantitative estimate of drug-likeness (QED) is 0.687. The fourth-order valence-corrected chi connectivity index (χ4v) is 4.41. The zero-order valence-electron chi connectivity index (χ0n) is 16.8. The SMILES string of the molecule is O=C(OC1CCNCC1)N1CCN2c3cc(-c4ccccc4O)nnc3NC[C@H]2C1. The molecule has 2 saturated heterocycles. The molecule has 30 heavy (non-hydrogen) atoms. The highest BCUT2D eigenvalue weighted by Crippen LogP contribution is 2.36. The first-order valence-corrected chi connectivity index (χ1v) is 10.5. The van der Waals surface area contributed by atoms with Crippen LogP contribution in [0.1, 0.15) is 12.8 Å². The van der Waals surface area contributed by atoms with E-state index < -0.39 is 0 Å². The summed E-state index contributed by atoms with van der Waals surface area (Å²) in [4.78, 5) is 16.7. The number of nitrogens with zero attached hydrogens (tertiary/aromatic N) is 4. The summed E-state index contributed by atoms with van der Waals surface area (Å²) in [6, 6.07) is 9.21. The molecule has 0 bridgehead atoms. The Kier molecular flexibility index (Phi) is 5.04. The van der Waals surface area contributed by atoms with Crippen LogP contribution in [0.4, 0.5) is 16.3 Å². The summed E-state index contributed by atoms with van der Waals surface area (Å²) in [5, 5.41) is 25.4. The molecule has 2 fully saturated rings. The second-order valence-electron chi connectivity index (χ2n) is 7.99. The molecule has 158 valence electrons. The van der Waals surface area contributed by atoms with E-state index in [1.165, 1.54) is 0 Å². The van der Waals surface area contributed by atoms with E-state index in [1.807, 2.05) is 23.1 Å². The number of ether oxygens (including phenoxy) is 1. The van der Waals surface area contributed by atoms with Crippen LogP contribution in [-0.2, 0) is 4.74 Å². The molecule has 5 rings (SSSR count). The summed E-state index contributed by atoms with van der Waals surface area (Å²) in [7, 11) is 0. The average Bonchev–Trinajstić information content (AvgIpc) is 2.79. The Morgan fingerprint density at radius 2 is 2.00 bits per heavy atom. The number of rotatable bonds is 2. The molecule has 0 radical (unpaired) electrons. The van der Waals surface area contributed by atoms with E-state index in [0.29, 0.717) is 37.4 Å². The second kappa shape index (κ2) is 7.98. The van der Waals surface area contributed by atoms with Crippen molar-refractivity contribution in [2.24, 2.45) is 0 Å². The van der Waals surface area contributed by atoms with Crippen molar-refractivity contribution in [3.8, 4) is 17.0 Å². The van der Waals surface area contributed by atoms with Gasteiger partial charge in [0.05, 0.1) is 17.4 Å². The lowest BCUT2D eigenvalue weighted by molar-refractivity contribution is 0.0449. The van der Waals surface area contributed by atoms with Gasteiger partial charge in [-0.15, -0.1) is 10.2 Å². The number of amides is 1. The van der Waals surface area contributed by atoms with E-state index in [1.54, 1.807) is 12.1 Å². The van der Waals surface area contributed by atoms with Crippen LogP contribution >= 0.6 is 0 Å². The van der Waals surface area contributed by atoms with Gasteiger partial charge in [-0.05, 0) is 44.1 Å². The zero-order chi connectivity index (χ0) is 20.5. The molecule has 1 amide bonds. The van der Waals surface area contributed by atoms with Gasteiger partial charge in [0, 0.05) is 31.7 Å². The summed E-state index contributed by atoms with van der Waals surface area (Å²) in [6.45, 7) is 4.39. The predicted molar refractivity (Wildman–Crippen MR) is 113 cm³/mol.